The van der Waals surface area contributed by atoms with Crippen LogP contribution in [-0.2, 0) is 10.0 Å². The van der Waals surface area contributed by atoms with Crippen molar-refractivity contribution >= 4 is 48.7 Å². The van der Waals surface area contributed by atoms with E-state index in [0.717, 1.165) is 26.9 Å². The fraction of sp³-hybridized carbons (Fsp3) is 0.250. The predicted molar refractivity (Wildman–Crippen MR) is 114 cm³/mol. The van der Waals surface area contributed by atoms with Crippen LogP contribution >= 0.6 is 11.3 Å². The Morgan fingerprint density at radius 1 is 1.15 bits per heavy atom. The van der Waals surface area contributed by atoms with E-state index in [9.17, 15) is 13.2 Å². The molecule has 0 aliphatic heterocycles. The van der Waals surface area contributed by atoms with Crippen molar-refractivity contribution in [3.05, 3.63) is 58.5 Å². The molecule has 5 nitrogen and oxygen atoms in total. The maximum absolute atomic E-state index is 12.7. The molecule has 3 aromatic rings. The van der Waals surface area contributed by atoms with Crippen LogP contribution in [0, 0.1) is 13.8 Å². The third kappa shape index (κ3) is 3.84. The lowest BCUT2D eigenvalue weighted by molar-refractivity contribution is 0.103. The quantitative estimate of drug-likeness (QED) is 0.680. The lowest BCUT2D eigenvalue weighted by Crippen LogP contribution is -2.27. The Morgan fingerprint density at radius 2 is 1.89 bits per heavy atom. The zero-order valence-electron chi connectivity index (χ0n) is 15.7. The van der Waals surface area contributed by atoms with Crippen LogP contribution < -0.4 is 9.62 Å². The summed E-state index contributed by atoms with van der Waals surface area (Å²) in [5.41, 5.74) is 3.55. The number of fused-ring (bicyclic) bond motifs is 1. The zero-order chi connectivity index (χ0) is 19.8. The van der Waals surface area contributed by atoms with Crippen LogP contribution in [0.1, 0.15) is 27.7 Å². The lowest BCUT2D eigenvalue weighted by atomic mass is 10.1. The second-order valence-corrected chi connectivity index (χ2v) is 9.78. The van der Waals surface area contributed by atoms with Crippen molar-refractivity contribution in [3.63, 3.8) is 0 Å². The minimum absolute atomic E-state index is 0.0364. The van der Waals surface area contributed by atoms with Crippen molar-refractivity contribution in [2.45, 2.75) is 20.8 Å². The average molecular weight is 403 g/mol. The molecule has 0 aliphatic carbocycles. The third-order valence-corrected chi connectivity index (χ3v) is 7.61. The van der Waals surface area contributed by atoms with E-state index in [0.29, 0.717) is 10.6 Å². The van der Waals surface area contributed by atoms with Gasteiger partial charge in [-0.15, -0.1) is 11.3 Å². The van der Waals surface area contributed by atoms with Gasteiger partial charge in [0.25, 0.3) is 5.91 Å². The van der Waals surface area contributed by atoms with Crippen LogP contribution in [0.25, 0.3) is 10.1 Å². The molecule has 0 radical (unpaired) electrons. The Balaban J connectivity index is 1.90. The van der Waals surface area contributed by atoms with Crippen molar-refractivity contribution in [2.24, 2.45) is 0 Å². The summed E-state index contributed by atoms with van der Waals surface area (Å²) in [6.07, 6.45) is 0. The highest BCUT2D eigenvalue weighted by atomic mass is 32.2. The Bertz CT molecular complexity index is 1120. The molecule has 1 heterocycles. The fourth-order valence-corrected chi connectivity index (χ4v) is 4.52. The Labute approximate surface area is 163 Å². The number of nitrogens with zero attached hydrogens (tertiary/aromatic N) is 1. The molecular weight excluding hydrogens is 380 g/mol. The zero-order valence-corrected chi connectivity index (χ0v) is 17.4. The minimum atomic E-state index is -3.32. The highest BCUT2D eigenvalue weighted by molar-refractivity contribution is 7.92. The first kappa shape index (κ1) is 19.4. The molecule has 0 atom stereocenters. The van der Waals surface area contributed by atoms with E-state index in [1.807, 2.05) is 38.1 Å². The van der Waals surface area contributed by atoms with Gasteiger partial charge in [-0.05, 0) is 67.6 Å². The Morgan fingerprint density at radius 3 is 2.59 bits per heavy atom. The van der Waals surface area contributed by atoms with Gasteiger partial charge >= 0.3 is 0 Å². The summed E-state index contributed by atoms with van der Waals surface area (Å²) in [5, 5.41) is 3.81. The van der Waals surface area contributed by atoms with Crippen molar-refractivity contribution in [1.82, 2.24) is 0 Å². The number of hydrogen-bond acceptors (Lipinski definition) is 4. The summed E-state index contributed by atoms with van der Waals surface area (Å²) in [7, 11) is -1.78. The second-order valence-electron chi connectivity index (χ2n) is 6.40. The SMILES string of the molecule is CCS(=O)(=O)N(C)c1ccc2sc(C(=O)Nc3cccc(C)c3C)cc2c1. The summed E-state index contributed by atoms with van der Waals surface area (Å²) in [6, 6.07) is 13.0. The molecule has 27 heavy (non-hydrogen) atoms. The summed E-state index contributed by atoms with van der Waals surface area (Å²) < 4.78 is 26.4. The molecule has 0 unspecified atom stereocenters. The van der Waals surface area contributed by atoms with E-state index in [2.05, 4.69) is 5.32 Å². The van der Waals surface area contributed by atoms with Gasteiger partial charge < -0.3 is 5.32 Å². The number of benzene rings is 2. The number of anilines is 2. The molecule has 142 valence electrons. The molecule has 0 fully saturated rings. The second kappa shape index (κ2) is 7.32. The number of carbonyl (C=O) groups excluding carboxylic acids is 1. The summed E-state index contributed by atoms with van der Waals surface area (Å²) in [6.45, 7) is 5.60. The van der Waals surface area contributed by atoms with E-state index in [1.54, 1.807) is 32.2 Å². The normalized spacial score (nSPS) is 11.6. The van der Waals surface area contributed by atoms with E-state index in [-0.39, 0.29) is 11.7 Å². The molecule has 3 rings (SSSR count). The van der Waals surface area contributed by atoms with E-state index in [1.165, 1.54) is 15.6 Å². The number of amides is 1. The average Bonchev–Trinajstić information content (AvgIpc) is 3.08. The fourth-order valence-electron chi connectivity index (χ4n) is 2.76. The van der Waals surface area contributed by atoms with Gasteiger partial charge in [0.2, 0.25) is 10.0 Å². The number of nitrogens with one attached hydrogen (secondary N) is 1. The van der Waals surface area contributed by atoms with Crippen molar-refractivity contribution in [2.75, 3.05) is 22.4 Å². The highest BCUT2D eigenvalue weighted by Gasteiger charge is 2.17. The Kier molecular flexibility index (Phi) is 5.26. The maximum Gasteiger partial charge on any atom is 0.265 e. The van der Waals surface area contributed by atoms with Crippen LogP contribution in [0.3, 0.4) is 0 Å². The van der Waals surface area contributed by atoms with Crippen LogP contribution in [-0.4, -0.2) is 27.1 Å². The topological polar surface area (TPSA) is 66.5 Å². The predicted octanol–water partition coefficient (Wildman–Crippen LogP) is 4.56. The van der Waals surface area contributed by atoms with Crippen LogP contribution in [0.4, 0.5) is 11.4 Å². The first-order valence-corrected chi connectivity index (χ1v) is 11.0. The molecular formula is C20H22N2O3S2. The lowest BCUT2D eigenvalue weighted by Gasteiger charge is -2.18. The summed E-state index contributed by atoms with van der Waals surface area (Å²) >= 11 is 1.39. The largest absolute Gasteiger partial charge is 0.321 e. The summed E-state index contributed by atoms with van der Waals surface area (Å²) in [5.74, 6) is -0.129. The van der Waals surface area contributed by atoms with Gasteiger partial charge in [-0.3, -0.25) is 9.10 Å². The van der Waals surface area contributed by atoms with Gasteiger partial charge in [-0.2, -0.15) is 0 Å². The molecule has 1 amide bonds. The van der Waals surface area contributed by atoms with E-state index in [4.69, 9.17) is 0 Å². The standard InChI is InChI=1S/C20H22N2O3S2/c1-5-27(24,25)22(4)16-9-10-18-15(11-16)12-19(26-18)20(23)21-17-8-6-7-13(2)14(17)3/h6-12H,5H2,1-4H3,(H,21,23). The molecule has 0 bridgehead atoms. The van der Waals surface area contributed by atoms with Gasteiger partial charge in [-0.1, -0.05) is 12.1 Å². The van der Waals surface area contributed by atoms with Crippen molar-refractivity contribution in [1.29, 1.82) is 0 Å². The first-order valence-electron chi connectivity index (χ1n) is 8.60. The molecule has 0 saturated heterocycles. The van der Waals surface area contributed by atoms with Gasteiger partial charge in [0.05, 0.1) is 16.3 Å². The smallest absolute Gasteiger partial charge is 0.265 e. The van der Waals surface area contributed by atoms with Crippen LogP contribution in [0.5, 0.6) is 0 Å². The van der Waals surface area contributed by atoms with Crippen LogP contribution in [0.2, 0.25) is 0 Å². The van der Waals surface area contributed by atoms with Crippen molar-refractivity contribution in [3.8, 4) is 0 Å². The number of hydrogen-bond donors (Lipinski definition) is 1. The number of thiophene rings is 1. The molecule has 0 aliphatic rings. The first-order chi connectivity index (χ1) is 12.7. The van der Waals surface area contributed by atoms with Gasteiger partial charge in [0.1, 0.15) is 0 Å². The maximum atomic E-state index is 12.7. The minimum Gasteiger partial charge on any atom is -0.321 e. The monoisotopic (exact) mass is 402 g/mol. The molecule has 2 aromatic carbocycles. The molecule has 1 N–H and O–H groups in total. The number of rotatable bonds is 5. The number of aryl methyl sites for hydroxylation is 1. The summed E-state index contributed by atoms with van der Waals surface area (Å²) in [4.78, 5) is 13.3. The molecule has 1 aromatic heterocycles. The van der Waals surface area contributed by atoms with Gasteiger partial charge in [0, 0.05) is 17.4 Å². The number of carbonyl (C=O) groups is 1. The van der Waals surface area contributed by atoms with E-state index >= 15 is 0 Å². The van der Waals surface area contributed by atoms with Crippen molar-refractivity contribution < 1.29 is 13.2 Å². The third-order valence-electron chi connectivity index (χ3n) is 4.72. The number of sulfonamides is 1. The molecule has 7 heteroatoms. The van der Waals surface area contributed by atoms with Gasteiger partial charge in [-0.25, -0.2) is 8.42 Å². The highest BCUT2D eigenvalue weighted by Crippen LogP contribution is 2.31. The Hall–Kier alpha value is -2.38. The molecule has 0 saturated carbocycles. The molecule has 0 spiro atoms. The van der Waals surface area contributed by atoms with Crippen LogP contribution in [0.15, 0.2) is 42.5 Å². The van der Waals surface area contributed by atoms with Gasteiger partial charge in [0.15, 0.2) is 0 Å². The van der Waals surface area contributed by atoms with E-state index < -0.39 is 10.0 Å².